The summed E-state index contributed by atoms with van der Waals surface area (Å²) in [5.41, 5.74) is 3.23. The number of imidazole rings is 1. The van der Waals surface area contributed by atoms with Crippen LogP contribution in [0.5, 0.6) is 5.75 Å². The second kappa shape index (κ2) is 9.59. The first kappa shape index (κ1) is 22.0. The lowest BCUT2D eigenvalue weighted by Gasteiger charge is -2.37. The zero-order valence-corrected chi connectivity index (χ0v) is 19.3. The number of ether oxygens (including phenoxy) is 1. The summed E-state index contributed by atoms with van der Waals surface area (Å²) >= 11 is 0. The number of benzene rings is 2. The normalized spacial score (nSPS) is 16.3. The average Bonchev–Trinajstić information content (AvgIpc) is 3.57. The van der Waals surface area contributed by atoms with Crippen LogP contribution in [0.3, 0.4) is 0 Å². The standard InChI is InChI=1S/C26H29N5O3/c1-34-22-8-6-21(7-9-22)28-14-16-29(17-15-28)25(32)18-24(30-13-11-27-19-30)26(33)31-12-10-20-4-2-3-5-23(20)31/h2-9,11,13,19,24H,10,12,14-18H2,1H3. The Morgan fingerprint density at radius 2 is 1.76 bits per heavy atom. The van der Waals surface area contributed by atoms with Gasteiger partial charge in [0.25, 0.3) is 5.91 Å². The molecule has 2 amide bonds. The summed E-state index contributed by atoms with van der Waals surface area (Å²) in [7, 11) is 1.66. The second-order valence-corrected chi connectivity index (χ2v) is 8.66. The highest BCUT2D eigenvalue weighted by Crippen LogP contribution is 2.31. The predicted molar refractivity (Wildman–Crippen MR) is 130 cm³/mol. The number of carbonyl (C=O) groups is 2. The van der Waals surface area contributed by atoms with Gasteiger partial charge in [0, 0.05) is 56.5 Å². The second-order valence-electron chi connectivity index (χ2n) is 8.66. The van der Waals surface area contributed by atoms with E-state index in [2.05, 4.69) is 16.0 Å². The number of hydrogen-bond donors (Lipinski definition) is 0. The molecule has 1 atom stereocenters. The van der Waals surface area contributed by atoms with E-state index < -0.39 is 6.04 Å². The molecule has 0 bridgehead atoms. The topological polar surface area (TPSA) is 70.9 Å². The summed E-state index contributed by atoms with van der Waals surface area (Å²) in [4.78, 5) is 37.0. The Labute approximate surface area is 199 Å². The first-order valence-electron chi connectivity index (χ1n) is 11.7. The Bertz CT molecular complexity index is 1140. The van der Waals surface area contributed by atoms with Crippen molar-refractivity contribution in [3.63, 3.8) is 0 Å². The van der Waals surface area contributed by atoms with Crippen LogP contribution in [0.4, 0.5) is 11.4 Å². The number of rotatable bonds is 6. The molecule has 0 radical (unpaired) electrons. The Kier molecular flexibility index (Phi) is 6.20. The highest BCUT2D eigenvalue weighted by atomic mass is 16.5. The molecule has 2 aliphatic rings. The van der Waals surface area contributed by atoms with Crippen molar-refractivity contribution in [2.75, 3.05) is 49.6 Å². The van der Waals surface area contributed by atoms with Crippen molar-refractivity contribution in [1.82, 2.24) is 14.5 Å². The molecule has 8 nitrogen and oxygen atoms in total. The minimum absolute atomic E-state index is 0.00564. The summed E-state index contributed by atoms with van der Waals surface area (Å²) in [6.45, 7) is 3.39. The van der Waals surface area contributed by atoms with Gasteiger partial charge in [-0.2, -0.15) is 0 Å². The Morgan fingerprint density at radius 1 is 1.00 bits per heavy atom. The van der Waals surface area contributed by atoms with Gasteiger partial charge in [0.1, 0.15) is 11.8 Å². The van der Waals surface area contributed by atoms with E-state index in [1.165, 1.54) is 5.56 Å². The number of fused-ring (bicyclic) bond motifs is 1. The number of aromatic nitrogens is 2. The lowest BCUT2D eigenvalue weighted by molar-refractivity contribution is -0.135. The molecule has 1 unspecified atom stereocenters. The van der Waals surface area contributed by atoms with Gasteiger partial charge in [-0.25, -0.2) is 4.98 Å². The molecule has 176 valence electrons. The number of anilines is 2. The van der Waals surface area contributed by atoms with Crippen molar-refractivity contribution in [1.29, 1.82) is 0 Å². The number of nitrogens with zero attached hydrogens (tertiary/aromatic N) is 5. The van der Waals surface area contributed by atoms with Crippen LogP contribution in [0.25, 0.3) is 0 Å². The fourth-order valence-electron chi connectivity index (χ4n) is 4.82. The molecule has 2 aromatic carbocycles. The molecule has 8 heteroatoms. The molecule has 1 aromatic heterocycles. The SMILES string of the molecule is COc1ccc(N2CCN(C(=O)CC(C(=O)N3CCc4ccccc43)n3ccnc3)CC2)cc1. The largest absolute Gasteiger partial charge is 0.497 e. The molecule has 0 N–H and O–H groups in total. The number of methoxy groups -OCH3 is 1. The Morgan fingerprint density at radius 3 is 2.47 bits per heavy atom. The van der Waals surface area contributed by atoms with Gasteiger partial charge in [0.15, 0.2) is 0 Å². The van der Waals surface area contributed by atoms with Crippen molar-refractivity contribution in [3.8, 4) is 5.75 Å². The van der Waals surface area contributed by atoms with Crippen LogP contribution >= 0.6 is 0 Å². The fraction of sp³-hybridized carbons (Fsp3) is 0.346. The van der Waals surface area contributed by atoms with Crippen molar-refractivity contribution < 1.29 is 14.3 Å². The van der Waals surface area contributed by atoms with Crippen LogP contribution in [-0.4, -0.2) is 66.1 Å². The van der Waals surface area contributed by atoms with Gasteiger partial charge >= 0.3 is 0 Å². The maximum Gasteiger partial charge on any atom is 0.250 e. The lowest BCUT2D eigenvalue weighted by atomic mass is 10.1. The van der Waals surface area contributed by atoms with Crippen molar-refractivity contribution in [2.24, 2.45) is 0 Å². The van der Waals surface area contributed by atoms with E-state index in [1.54, 1.807) is 30.4 Å². The number of hydrogen-bond acceptors (Lipinski definition) is 5. The van der Waals surface area contributed by atoms with E-state index in [-0.39, 0.29) is 18.2 Å². The van der Waals surface area contributed by atoms with Crippen LogP contribution in [0.1, 0.15) is 18.0 Å². The van der Waals surface area contributed by atoms with Gasteiger partial charge in [-0.15, -0.1) is 0 Å². The number of para-hydroxylation sites is 1. The molecule has 3 heterocycles. The van der Waals surface area contributed by atoms with Crippen LogP contribution in [0.15, 0.2) is 67.3 Å². The molecule has 0 saturated carbocycles. The van der Waals surface area contributed by atoms with Crippen molar-refractivity contribution >= 4 is 23.2 Å². The van der Waals surface area contributed by atoms with E-state index in [4.69, 9.17) is 4.74 Å². The molecular weight excluding hydrogens is 430 g/mol. The third-order valence-corrected chi connectivity index (χ3v) is 6.76. The molecule has 3 aromatic rings. The smallest absolute Gasteiger partial charge is 0.250 e. The highest BCUT2D eigenvalue weighted by molar-refractivity contribution is 6.00. The first-order chi connectivity index (χ1) is 16.6. The number of amides is 2. The van der Waals surface area contributed by atoms with Gasteiger partial charge in [-0.3, -0.25) is 9.59 Å². The molecule has 1 fully saturated rings. The summed E-state index contributed by atoms with van der Waals surface area (Å²) < 4.78 is 7.00. The maximum absolute atomic E-state index is 13.6. The summed E-state index contributed by atoms with van der Waals surface area (Å²) in [5.74, 6) is 0.760. The molecular formula is C26H29N5O3. The molecule has 2 aliphatic heterocycles. The van der Waals surface area contributed by atoms with Gasteiger partial charge in [-0.1, -0.05) is 18.2 Å². The van der Waals surface area contributed by atoms with Crippen LogP contribution < -0.4 is 14.5 Å². The van der Waals surface area contributed by atoms with E-state index >= 15 is 0 Å². The van der Waals surface area contributed by atoms with E-state index in [1.807, 2.05) is 52.3 Å². The van der Waals surface area contributed by atoms with E-state index in [9.17, 15) is 9.59 Å². The van der Waals surface area contributed by atoms with Crippen LogP contribution in [0.2, 0.25) is 0 Å². The third-order valence-electron chi connectivity index (χ3n) is 6.76. The van der Waals surface area contributed by atoms with Gasteiger partial charge < -0.3 is 24.0 Å². The quantitative estimate of drug-likeness (QED) is 0.567. The van der Waals surface area contributed by atoms with Gasteiger partial charge in [0.05, 0.1) is 19.9 Å². The van der Waals surface area contributed by atoms with E-state index in [0.29, 0.717) is 19.6 Å². The molecule has 0 aliphatic carbocycles. The van der Waals surface area contributed by atoms with Gasteiger partial charge in [-0.05, 0) is 42.3 Å². The number of carbonyl (C=O) groups excluding carboxylic acids is 2. The summed E-state index contributed by atoms with van der Waals surface area (Å²) in [5, 5.41) is 0. The monoisotopic (exact) mass is 459 g/mol. The minimum atomic E-state index is -0.610. The van der Waals surface area contributed by atoms with Crippen molar-refractivity contribution in [2.45, 2.75) is 18.9 Å². The molecule has 0 spiro atoms. The highest BCUT2D eigenvalue weighted by Gasteiger charge is 2.34. The first-order valence-corrected chi connectivity index (χ1v) is 11.7. The maximum atomic E-state index is 13.6. The third kappa shape index (κ3) is 4.35. The van der Waals surface area contributed by atoms with Crippen molar-refractivity contribution in [3.05, 3.63) is 72.8 Å². The average molecular weight is 460 g/mol. The fourth-order valence-corrected chi connectivity index (χ4v) is 4.82. The lowest BCUT2D eigenvalue weighted by Crippen LogP contribution is -2.49. The van der Waals surface area contributed by atoms with E-state index in [0.717, 1.165) is 36.6 Å². The van der Waals surface area contributed by atoms with Gasteiger partial charge in [0.2, 0.25) is 5.91 Å². The van der Waals surface area contributed by atoms with Crippen LogP contribution in [0, 0.1) is 0 Å². The number of piperazine rings is 1. The molecule has 1 saturated heterocycles. The summed E-state index contributed by atoms with van der Waals surface area (Å²) in [6.07, 6.45) is 5.99. The molecule has 34 heavy (non-hydrogen) atoms. The zero-order valence-electron chi connectivity index (χ0n) is 19.3. The Balaban J connectivity index is 1.25. The Hall–Kier alpha value is -3.81. The summed E-state index contributed by atoms with van der Waals surface area (Å²) in [6, 6.07) is 15.3. The predicted octanol–water partition coefficient (Wildman–Crippen LogP) is 2.76. The van der Waals surface area contributed by atoms with Crippen LogP contribution in [-0.2, 0) is 16.0 Å². The minimum Gasteiger partial charge on any atom is -0.497 e. The zero-order chi connectivity index (χ0) is 23.5. The molecule has 5 rings (SSSR count).